The van der Waals surface area contributed by atoms with Crippen LogP contribution in [0.4, 0.5) is 0 Å². The van der Waals surface area contributed by atoms with Crippen molar-refractivity contribution < 1.29 is 9.53 Å². The minimum atomic E-state index is -0.271. The second kappa shape index (κ2) is 11.0. The summed E-state index contributed by atoms with van der Waals surface area (Å²) in [6, 6.07) is 8.87. The molecule has 30 heavy (non-hydrogen) atoms. The number of allylic oxidation sites excluding steroid dienone is 3. The zero-order chi connectivity index (χ0) is 21.3. The molecular weight excluding hydrogens is 421 g/mol. The van der Waals surface area contributed by atoms with E-state index in [9.17, 15) is 4.79 Å². The summed E-state index contributed by atoms with van der Waals surface area (Å²) in [5.41, 5.74) is 2.10. The van der Waals surface area contributed by atoms with Crippen molar-refractivity contribution in [2.45, 2.75) is 38.5 Å². The van der Waals surface area contributed by atoms with Crippen LogP contribution in [0.15, 0.2) is 65.5 Å². The molecule has 5 nitrogen and oxygen atoms in total. The topological polar surface area (TPSA) is 64.4 Å². The summed E-state index contributed by atoms with van der Waals surface area (Å²) < 4.78 is 6.03. The Balaban J connectivity index is 1.75. The van der Waals surface area contributed by atoms with Gasteiger partial charge in [0.2, 0.25) is 0 Å². The van der Waals surface area contributed by atoms with E-state index in [0.29, 0.717) is 22.4 Å². The average molecular weight is 444 g/mol. The molecule has 0 saturated heterocycles. The van der Waals surface area contributed by atoms with Crippen molar-refractivity contribution in [1.29, 1.82) is 0 Å². The molecule has 0 bridgehead atoms. The molecular formula is C23H23Cl2N3O2. The molecule has 0 radical (unpaired) electrons. The van der Waals surface area contributed by atoms with Crippen LogP contribution in [0.5, 0.6) is 0 Å². The fraction of sp³-hybridized carbons (Fsp3) is 0.304. The molecule has 0 N–H and O–H groups in total. The summed E-state index contributed by atoms with van der Waals surface area (Å²) in [4.78, 5) is 16.7. The van der Waals surface area contributed by atoms with Gasteiger partial charge < -0.3 is 4.74 Å². The summed E-state index contributed by atoms with van der Waals surface area (Å²) >= 11 is 12.0. The Hall–Kier alpha value is -2.50. The largest absolute Gasteiger partial charge is 0.497 e. The zero-order valence-electron chi connectivity index (χ0n) is 16.7. The third-order valence-electron chi connectivity index (χ3n) is 4.58. The molecule has 156 valence electrons. The van der Waals surface area contributed by atoms with Crippen molar-refractivity contribution in [3.05, 3.63) is 81.8 Å². The van der Waals surface area contributed by atoms with Gasteiger partial charge in [0.1, 0.15) is 5.76 Å². The molecule has 0 fully saturated rings. The molecule has 1 heterocycles. The van der Waals surface area contributed by atoms with Crippen molar-refractivity contribution in [3.63, 3.8) is 0 Å². The van der Waals surface area contributed by atoms with Crippen LogP contribution >= 0.6 is 23.2 Å². The number of hydrogen-bond acceptors (Lipinski definition) is 4. The number of nitrogens with zero attached hydrogens (tertiary/aromatic N) is 3. The Morgan fingerprint density at radius 3 is 2.80 bits per heavy atom. The van der Waals surface area contributed by atoms with Crippen LogP contribution < -0.4 is 0 Å². The van der Waals surface area contributed by atoms with Crippen molar-refractivity contribution in [1.82, 2.24) is 10.2 Å². The van der Waals surface area contributed by atoms with Crippen molar-refractivity contribution >= 4 is 34.8 Å². The van der Waals surface area contributed by atoms with E-state index in [1.807, 2.05) is 24.3 Å². The second-order valence-corrected chi connectivity index (χ2v) is 7.76. The SMILES string of the molecule is CCCCCOC1=C/C(=N\C(=O)Cc2ccc(Cl)c(Cl)c2)C=CC1c1cccnn1. The van der Waals surface area contributed by atoms with Crippen LogP contribution in [-0.4, -0.2) is 28.4 Å². The van der Waals surface area contributed by atoms with Gasteiger partial charge in [-0.3, -0.25) is 4.79 Å². The van der Waals surface area contributed by atoms with Gasteiger partial charge in [0.15, 0.2) is 0 Å². The molecule has 0 aliphatic heterocycles. The van der Waals surface area contributed by atoms with Crippen LogP contribution in [0.25, 0.3) is 0 Å². The van der Waals surface area contributed by atoms with Gasteiger partial charge in [-0.15, -0.1) is 0 Å². The highest BCUT2D eigenvalue weighted by atomic mass is 35.5. The maximum Gasteiger partial charge on any atom is 0.250 e. The van der Waals surface area contributed by atoms with Gasteiger partial charge in [0, 0.05) is 12.3 Å². The first kappa shape index (κ1) is 22.2. The third-order valence-corrected chi connectivity index (χ3v) is 5.32. The molecule has 0 spiro atoms. The molecule has 2 aromatic rings. The molecule has 1 amide bonds. The lowest BCUT2D eigenvalue weighted by Crippen LogP contribution is -2.14. The van der Waals surface area contributed by atoms with E-state index in [2.05, 4.69) is 22.1 Å². The average Bonchev–Trinajstić information content (AvgIpc) is 2.74. The highest BCUT2D eigenvalue weighted by molar-refractivity contribution is 6.42. The van der Waals surface area contributed by atoms with Crippen molar-refractivity contribution in [2.24, 2.45) is 4.99 Å². The zero-order valence-corrected chi connectivity index (χ0v) is 18.2. The molecule has 1 aliphatic rings. The number of halogens is 2. The molecule has 1 aromatic carbocycles. The van der Waals surface area contributed by atoms with Gasteiger partial charge in [0.05, 0.1) is 40.4 Å². The van der Waals surface area contributed by atoms with Gasteiger partial charge in [-0.2, -0.15) is 10.2 Å². The predicted molar refractivity (Wildman–Crippen MR) is 120 cm³/mol. The number of unbranched alkanes of at least 4 members (excludes halogenated alkanes) is 2. The standard InChI is InChI=1S/C23H23Cl2N3O2/c1-2-3-4-12-30-22-15-17(8-9-18(22)21-6-5-11-26-28-21)27-23(29)14-16-7-10-19(24)20(25)13-16/h5-11,13,15,18H,2-4,12,14H2,1H3/b27-17-. The number of carbonyl (C=O) groups excluding carboxylic acids is 1. The Labute approximate surface area is 186 Å². The van der Waals surface area contributed by atoms with Crippen LogP contribution in [0.1, 0.15) is 43.4 Å². The van der Waals surface area contributed by atoms with E-state index < -0.39 is 0 Å². The first-order chi connectivity index (χ1) is 14.6. The summed E-state index contributed by atoms with van der Waals surface area (Å²) in [6.45, 7) is 2.75. The molecule has 3 rings (SSSR count). The number of ether oxygens (including phenoxy) is 1. The lowest BCUT2D eigenvalue weighted by molar-refractivity contribution is -0.117. The highest BCUT2D eigenvalue weighted by Gasteiger charge is 2.21. The Kier molecular flexibility index (Phi) is 8.17. The third kappa shape index (κ3) is 6.25. The fourth-order valence-corrected chi connectivity index (χ4v) is 3.37. The number of hydrogen-bond donors (Lipinski definition) is 0. The van der Waals surface area contributed by atoms with Gasteiger partial charge in [-0.05, 0) is 42.3 Å². The van der Waals surface area contributed by atoms with Crippen LogP contribution in [-0.2, 0) is 16.0 Å². The van der Waals surface area contributed by atoms with E-state index in [1.54, 1.807) is 30.5 Å². The van der Waals surface area contributed by atoms with Crippen molar-refractivity contribution in [2.75, 3.05) is 6.61 Å². The maximum absolute atomic E-state index is 12.4. The monoisotopic (exact) mass is 443 g/mol. The lowest BCUT2D eigenvalue weighted by Gasteiger charge is -2.20. The normalized spacial score (nSPS) is 17.1. The van der Waals surface area contributed by atoms with Gasteiger partial charge >= 0.3 is 0 Å². The first-order valence-electron chi connectivity index (χ1n) is 9.92. The molecule has 1 aromatic heterocycles. The Morgan fingerprint density at radius 2 is 2.07 bits per heavy atom. The Morgan fingerprint density at radius 1 is 1.20 bits per heavy atom. The number of benzene rings is 1. The number of amides is 1. The summed E-state index contributed by atoms with van der Waals surface area (Å²) in [7, 11) is 0. The highest BCUT2D eigenvalue weighted by Crippen LogP contribution is 2.28. The molecule has 7 heteroatoms. The van der Waals surface area contributed by atoms with E-state index in [0.717, 1.165) is 36.3 Å². The fourth-order valence-electron chi connectivity index (χ4n) is 3.05. The molecule has 0 saturated carbocycles. The van der Waals surface area contributed by atoms with Gasteiger partial charge in [-0.1, -0.05) is 55.1 Å². The molecule has 1 atom stereocenters. The first-order valence-corrected chi connectivity index (χ1v) is 10.7. The number of aliphatic imine (C=N–C) groups is 1. The lowest BCUT2D eigenvalue weighted by atomic mass is 9.96. The number of carbonyl (C=O) groups is 1. The van der Waals surface area contributed by atoms with Gasteiger partial charge in [-0.25, -0.2) is 4.99 Å². The smallest absolute Gasteiger partial charge is 0.250 e. The number of rotatable bonds is 8. The molecule has 1 aliphatic carbocycles. The van der Waals surface area contributed by atoms with Crippen LogP contribution in [0, 0.1) is 0 Å². The summed E-state index contributed by atoms with van der Waals surface area (Å²) in [5.74, 6) is 0.298. The predicted octanol–water partition coefficient (Wildman–Crippen LogP) is 5.74. The summed E-state index contributed by atoms with van der Waals surface area (Å²) in [6.07, 6.45) is 10.5. The van der Waals surface area contributed by atoms with Crippen molar-refractivity contribution in [3.8, 4) is 0 Å². The van der Waals surface area contributed by atoms with E-state index in [1.165, 1.54) is 0 Å². The minimum absolute atomic E-state index is 0.141. The maximum atomic E-state index is 12.4. The minimum Gasteiger partial charge on any atom is -0.497 e. The van der Waals surface area contributed by atoms with E-state index in [-0.39, 0.29) is 18.2 Å². The quantitative estimate of drug-likeness (QED) is 0.488. The second-order valence-electron chi connectivity index (χ2n) is 6.94. The number of aromatic nitrogens is 2. The van der Waals surface area contributed by atoms with Crippen LogP contribution in [0.3, 0.4) is 0 Å². The van der Waals surface area contributed by atoms with E-state index >= 15 is 0 Å². The van der Waals surface area contributed by atoms with Gasteiger partial charge in [0.25, 0.3) is 5.91 Å². The van der Waals surface area contributed by atoms with E-state index in [4.69, 9.17) is 27.9 Å². The Bertz CT molecular complexity index is 972. The molecule has 1 unspecified atom stereocenters. The van der Waals surface area contributed by atoms with Crippen LogP contribution in [0.2, 0.25) is 10.0 Å². The summed E-state index contributed by atoms with van der Waals surface area (Å²) in [5, 5.41) is 9.04.